The van der Waals surface area contributed by atoms with Crippen molar-refractivity contribution in [2.24, 2.45) is 0 Å². The summed E-state index contributed by atoms with van der Waals surface area (Å²) in [5.41, 5.74) is 0. The molecule has 0 heterocycles. The average molecular weight is 1450 g/mol. The van der Waals surface area contributed by atoms with E-state index in [2.05, 4.69) is 101 Å². The molecule has 19 heteroatoms. The maximum atomic E-state index is 13.1. The van der Waals surface area contributed by atoms with Crippen LogP contribution in [0, 0.1) is 0 Å². The second kappa shape index (κ2) is 73.8. The van der Waals surface area contributed by atoms with Crippen molar-refractivity contribution >= 4 is 39.5 Å². The summed E-state index contributed by atoms with van der Waals surface area (Å²) in [4.78, 5) is 73.0. The van der Waals surface area contributed by atoms with Crippen LogP contribution in [0.1, 0.15) is 362 Å². The minimum absolute atomic E-state index is 0.0763. The summed E-state index contributed by atoms with van der Waals surface area (Å²) in [6.45, 7) is 4.82. The van der Waals surface area contributed by atoms with Crippen LogP contribution in [0.2, 0.25) is 0 Å². The van der Waals surface area contributed by atoms with E-state index in [1.165, 1.54) is 122 Å². The molecule has 3 N–H and O–H groups in total. The van der Waals surface area contributed by atoms with Gasteiger partial charge in [0, 0.05) is 25.7 Å². The van der Waals surface area contributed by atoms with Gasteiger partial charge in [-0.2, -0.15) is 0 Å². The molecule has 0 fully saturated rings. The van der Waals surface area contributed by atoms with Crippen LogP contribution in [0.25, 0.3) is 0 Å². The number of ether oxygens (including phenoxy) is 4. The third-order valence-corrected chi connectivity index (χ3v) is 19.0. The fourth-order valence-electron chi connectivity index (χ4n) is 10.9. The molecule has 0 amide bonds. The van der Waals surface area contributed by atoms with Gasteiger partial charge < -0.3 is 33.8 Å². The predicted molar refractivity (Wildman–Crippen MR) is 409 cm³/mol. The summed E-state index contributed by atoms with van der Waals surface area (Å²) in [5.74, 6) is -2.20. The zero-order chi connectivity index (χ0) is 73.2. The number of unbranched alkanes of at least 4 members (excludes halogenated alkanes) is 39. The zero-order valence-corrected chi connectivity index (χ0v) is 65.4. The SMILES string of the molecule is CCCCC/C=C\C/C=C\CCCCCCCC(=O)OC[C@H](COP(=O)(O)OC[C@H](O)COP(=O)(O)OC[C@@H](COC(=O)CCCCCCC/C=C\CCCCCCCC)OC(=O)CCCCCCC/C=C\CCCCCCCC)OC(=O)CCCCCCC/C=C\C=C/CCCCCC. The number of hydrogen-bond acceptors (Lipinski definition) is 15. The lowest BCUT2D eigenvalue weighted by Gasteiger charge is -2.21. The fraction of sp³-hybridized carbons (Fsp3) is 0.802. The Hall–Kier alpha value is -3.50. The van der Waals surface area contributed by atoms with Gasteiger partial charge in [-0.05, 0) is 135 Å². The second-order valence-corrected chi connectivity index (χ2v) is 29.9. The van der Waals surface area contributed by atoms with Gasteiger partial charge in [0.15, 0.2) is 12.2 Å². The van der Waals surface area contributed by atoms with Gasteiger partial charge in [-0.3, -0.25) is 37.3 Å². The predicted octanol–water partition coefficient (Wildman–Crippen LogP) is 23.2. The smallest absolute Gasteiger partial charge is 0.462 e. The highest BCUT2D eigenvalue weighted by atomic mass is 31.2. The number of phosphoric acid groups is 2. The van der Waals surface area contributed by atoms with Crippen molar-refractivity contribution in [3.05, 3.63) is 72.9 Å². The molecule has 100 heavy (non-hydrogen) atoms. The summed E-state index contributed by atoms with van der Waals surface area (Å²) in [6.07, 6.45) is 74.4. The quantitative estimate of drug-likeness (QED) is 0.0128. The summed E-state index contributed by atoms with van der Waals surface area (Å²) >= 11 is 0. The van der Waals surface area contributed by atoms with Crippen LogP contribution >= 0.6 is 15.6 Å². The van der Waals surface area contributed by atoms with Crippen LogP contribution in [-0.2, 0) is 65.4 Å². The molecule has 582 valence electrons. The van der Waals surface area contributed by atoms with Crippen LogP contribution in [0.4, 0.5) is 0 Å². The molecule has 0 aromatic carbocycles. The van der Waals surface area contributed by atoms with Crippen molar-refractivity contribution in [2.45, 2.75) is 380 Å². The largest absolute Gasteiger partial charge is 0.472 e. The van der Waals surface area contributed by atoms with Crippen LogP contribution in [0.15, 0.2) is 72.9 Å². The lowest BCUT2D eigenvalue weighted by Crippen LogP contribution is -2.30. The Morgan fingerprint density at radius 1 is 0.290 bits per heavy atom. The molecule has 0 spiro atoms. The molecular formula is C81H146O17P2. The minimum atomic E-state index is -4.98. The van der Waals surface area contributed by atoms with E-state index in [-0.39, 0.29) is 25.7 Å². The highest BCUT2D eigenvalue weighted by molar-refractivity contribution is 7.47. The number of esters is 4. The van der Waals surface area contributed by atoms with Gasteiger partial charge in [0.05, 0.1) is 26.4 Å². The molecule has 0 aliphatic rings. The summed E-state index contributed by atoms with van der Waals surface area (Å²) in [6, 6.07) is 0. The van der Waals surface area contributed by atoms with Crippen molar-refractivity contribution in [3.63, 3.8) is 0 Å². The van der Waals surface area contributed by atoms with E-state index in [9.17, 15) is 43.2 Å². The third-order valence-electron chi connectivity index (χ3n) is 17.1. The summed E-state index contributed by atoms with van der Waals surface area (Å²) < 4.78 is 68.6. The number of aliphatic hydroxyl groups excluding tert-OH is 1. The van der Waals surface area contributed by atoms with E-state index in [0.717, 1.165) is 161 Å². The van der Waals surface area contributed by atoms with Gasteiger partial charge in [0.1, 0.15) is 19.3 Å². The second-order valence-electron chi connectivity index (χ2n) is 27.0. The number of rotatable bonds is 76. The van der Waals surface area contributed by atoms with E-state index in [1.807, 2.05) is 0 Å². The molecule has 0 aromatic rings. The molecule has 0 aliphatic heterocycles. The molecule has 0 aliphatic carbocycles. The first kappa shape index (κ1) is 96.5. The lowest BCUT2D eigenvalue weighted by molar-refractivity contribution is -0.161. The van der Waals surface area contributed by atoms with E-state index in [0.29, 0.717) is 25.7 Å². The molecule has 0 rings (SSSR count). The topological polar surface area (TPSA) is 237 Å². The van der Waals surface area contributed by atoms with Crippen LogP contribution in [0.3, 0.4) is 0 Å². The molecule has 0 aromatic heterocycles. The van der Waals surface area contributed by atoms with Gasteiger partial charge in [-0.15, -0.1) is 0 Å². The van der Waals surface area contributed by atoms with Gasteiger partial charge in [0.25, 0.3) is 0 Å². The Balaban J connectivity index is 5.37. The Labute approximate surface area is 609 Å². The summed E-state index contributed by atoms with van der Waals surface area (Å²) in [5, 5.41) is 10.6. The van der Waals surface area contributed by atoms with Crippen molar-refractivity contribution in [1.29, 1.82) is 0 Å². The highest BCUT2D eigenvalue weighted by Crippen LogP contribution is 2.45. The number of carbonyl (C=O) groups excluding carboxylic acids is 4. The number of hydrogen-bond donors (Lipinski definition) is 3. The standard InChI is InChI=1S/C81H146O17P2/c1-5-9-13-17-21-25-29-33-37-41-45-49-53-57-61-65-78(83)91-71-76(97-80(85)67-63-59-55-51-47-43-39-35-31-27-23-19-15-11-7-3)73-95-99(87,88)93-69-75(82)70-94-100(89,90)96-74-77(98-81(86)68-64-60-56-52-48-44-40-36-32-28-24-20-16-12-8-4)72-92-79(84)66-62-58-54-50-46-42-38-34-30-26-22-18-14-10-6-2/h21,25,27,31,33-40,75-77,82H,5-20,22-24,26,28-30,32,41-74H2,1-4H3,(H,87,88)(H,89,90)/b25-21-,31-27-,37-33-,38-34-,39-35-,40-36-/t75-,76+,77+/m0/s1. The van der Waals surface area contributed by atoms with E-state index in [1.54, 1.807) is 0 Å². The zero-order valence-electron chi connectivity index (χ0n) is 63.6. The molecule has 17 nitrogen and oxygen atoms in total. The Kier molecular flexibility index (Phi) is 71.2. The Morgan fingerprint density at radius 3 is 0.840 bits per heavy atom. The fourth-order valence-corrected chi connectivity index (χ4v) is 12.5. The van der Waals surface area contributed by atoms with Crippen LogP contribution in [0.5, 0.6) is 0 Å². The summed E-state index contributed by atoms with van der Waals surface area (Å²) in [7, 11) is -9.96. The maximum absolute atomic E-state index is 13.1. The molecule has 0 radical (unpaired) electrons. The number of phosphoric ester groups is 2. The first-order valence-corrected chi connectivity index (χ1v) is 43.2. The van der Waals surface area contributed by atoms with Crippen LogP contribution < -0.4 is 0 Å². The monoisotopic (exact) mass is 1450 g/mol. The van der Waals surface area contributed by atoms with Crippen molar-refractivity contribution in [2.75, 3.05) is 39.6 Å². The molecule has 2 unspecified atom stereocenters. The van der Waals surface area contributed by atoms with Gasteiger partial charge >= 0.3 is 39.5 Å². The average Bonchev–Trinajstić information content (AvgIpc) is 1.01. The third kappa shape index (κ3) is 72.8. The van der Waals surface area contributed by atoms with Crippen LogP contribution in [-0.4, -0.2) is 96.7 Å². The van der Waals surface area contributed by atoms with Crippen molar-refractivity contribution < 1.29 is 80.2 Å². The van der Waals surface area contributed by atoms with Crippen molar-refractivity contribution in [3.8, 4) is 0 Å². The number of allylic oxidation sites excluding steroid dienone is 12. The van der Waals surface area contributed by atoms with E-state index in [4.69, 9.17) is 37.0 Å². The molecule has 0 bridgehead atoms. The normalized spacial score (nSPS) is 14.3. The van der Waals surface area contributed by atoms with Gasteiger partial charge in [0.2, 0.25) is 0 Å². The van der Waals surface area contributed by atoms with Gasteiger partial charge in [-0.1, -0.05) is 274 Å². The minimum Gasteiger partial charge on any atom is -0.462 e. The van der Waals surface area contributed by atoms with Crippen molar-refractivity contribution in [1.82, 2.24) is 0 Å². The number of carbonyl (C=O) groups is 4. The first-order valence-electron chi connectivity index (χ1n) is 40.2. The lowest BCUT2D eigenvalue weighted by atomic mass is 10.1. The molecular weight excluding hydrogens is 1310 g/mol. The number of aliphatic hydroxyl groups is 1. The van der Waals surface area contributed by atoms with Gasteiger partial charge in [-0.25, -0.2) is 9.13 Å². The highest BCUT2D eigenvalue weighted by Gasteiger charge is 2.30. The molecule has 0 saturated heterocycles. The molecule has 5 atom stereocenters. The van der Waals surface area contributed by atoms with E-state index < -0.39 is 97.5 Å². The Morgan fingerprint density at radius 2 is 0.520 bits per heavy atom. The maximum Gasteiger partial charge on any atom is 0.472 e. The molecule has 0 saturated carbocycles. The first-order chi connectivity index (χ1) is 48.7. The Bertz CT molecular complexity index is 2180. The van der Waals surface area contributed by atoms with E-state index >= 15 is 0 Å².